The zero-order valence-corrected chi connectivity index (χ0v) is 10.8. The van der Waals surface area contributed by atoms with Gasteiger partial charge in [0.1, 0.15) is 5.76 Å². The second kappa shape index (κ2) is 5.00. The first-order chi connectivity index (χ1) is 8.96. The predicted molar refractivity (Wildman–Crippen MR) is 63.9 cm³/mol. The van der Waals surface area contributed by atoms with Gasteiger partial charge in [0, 0.05) is 19.1 Å². The molecule has 0 saturated heterocycles. The van der Waals surface area contributed by atoms with Crippen molar-refractivity contribution < 1.29 is 24.0 Å². The second-order valence-electron chi connectivity index (χ2n) is 4.91. The fraction of sp³-hybridized carbons (Fsp3) is 0.583. The van der Waals surface area contributed by atoms with Crippen LogP contribution in [0.15, 0.2) is 10.6 Å². The van der Waals surface area contributed by atoms with Crippen LogP contribution in [-0.4, -0.2) is 41.4 Å². The van der Waals surface area contributed by atoms with E-state index >= 15 is 0 Å². The van der Waals surface area contributed by atoms with Gasteiger partial charge in [0.2, 0.25) is 0 Å². The van der Waals surface area contributed by atoms with E-state index in [0.717, 1.165) is 12.8 Å². The Kier molecular flexibility index (Phi) is 3.57. The predicted octanol–water partition coefficient (Wildman–Crippen LogP) is 0.772. The van der Waals surface area contributed by atoms with Crippen LogP contribution in [-0.2, 0) is 9.53 Å². The average molecular weight is 268 g/mol. The van der Waals surface area contributed by atoms with Crippen LogP contribution in [0.25, 0.3) is 0 Å². The van der Waals surface area contributed by atoms with Gasteiger partial charge in [-0.15, -0.1) is 0 Å². The van der Waals surface area contributed by atoms with Crippen molar-refractivity contribution in [3.63, 3.8) is 0 Å². The number of nitrogens with zero attached hydrogens (tertiary/aromatic N) is 1. The topological polar surface area (TPSA) is 102 Å². The van der Waals surface area contributed by atoms with Gasteiger partial charge in [-0.3, -0.25) is 4.79 Å². The third-order valence-corrected chi connectivity index (χ3v) is 3.04. The van der Waals surface area contributed by atoms with E-state index in [-0.39, 0.29) is 12.3 Å². The fourth-order valence-corrected chi connectivity index (χ4v) is 1.71. The summed E-state index contributed by atoms with van der Waals surface area (Å²) in [5.74, 6) is -0.737. The number of ether oxygens (including phenoxy) is 1. The summed E-state index contributed by atoms with van der Waals surface area (Å²) in [7, 11) is 1.37. The Morgan fingerprint density at radius 3 is 2.84 bits per heavy atom. The molecule has 7 heteroatoms. The summed E-state index contributed by atoms with van der Waals surface area (Å²) in [4.78, 5) is 23.1. The fourth-order valence-electron chi connectivity index (χ4n) is 1.71. The number of aliphatic carboxylic acids is 1. The summed E-state index contributed by atoms with van der Waals surface area (Å²) in [6.07, 6.45) is 2.07. The van der Waals surface area contributed by atoms with Crippen molar-refractivity contribution in [2.45, 2.75) is 31.2 Å². The number of carbonyl (C=O) groups excluding carboxylic acids is 1. The monoisotopic (exact) mass is 268 g/mol. The van der Waals surface area contributed by atoms with E-state index in [4.69, 9.17) is 14.4 Å². The minimum atomic E-state index is -1.50. The number of aromatic nitrogens is 1. The maximum Gasteiger partial charge on any atom is 0.331 e. The lowest BCUT2D eigenvalue weighted by atomic mass is 10.0. The third kappa shape index (κ3) is 2.93. The van der Waals surface area contributed by atoms with E-state index in [2.05, 4.69) is 10.5 Å². The molecule has 0 radical (unpaired) electrons. The quantitative estimate of drug-likeness (QED) is 0.790. The zero-order chi connectivity index (χ0) is 14.0. The van der Waals surface area contributed by atoms with Gasteiger partial charge in [-0.25, -0.2) is 4.79 Å². The highest BCUT2D eigenvalue weighted by Gasteiger charge is 2.36. The van der Waals surface area contributed by atoms with E-state index in [9.17, 15) is 9.59 Å². The van der Waals surface area contributed by atoms with Crippen LogP contribution >= 0.6 is 0 Å². The lowest BCUT2D eigenvalue weighted by Crippen LogP contribution is -2.55. The highest BCUT2D eigenvalue weighted by Crippen LogP contribution is 2.40. The molecule has 0 aromatic carbocycles. The standard InChI is InChI=1S/C12H16N2O5/c1-12(6-18-2,11(16)17)13-10(15)8-5-9(19-14-8)7-3-4-7/h5,7H,3-4,6H2,1-2H3,(H,13,15)(H,16,17). The number of rotatable bonds is 6. The molecule has 1 unspecified atom stereocenters. The molecule has 1 aliphatic rings. The van der Waals surface area contributed by atoms with Gasteiger partial charge >= 0.3 is 5.97 Å². The van der Waals surface area contributed by atoms with Crippen LogP contribution in [0.5, 0.6) is 0 Å². The van der Waals surface area contributed by atoms with Crippen molar-refractivity contribution in [2.75, 3.05) is 13.7 Å². The maximum absolute atomic E-state index is 11.9. The second-order valence-corrected chi connectivity index (χ2v) is 4.91. The van der Waals surface area contributed by atoms with Crippen molar-refractivity contribution in [3.8, 4) is 0 Å². The van der Waals surface area contributed by atoms with Crippen LogP contribution in [0.1, 0.15) is 41.9 Å². The Morgan fingerprint density at radius 2 is 2.32 bits per heavy atom. The molecule has 2 rings (SSSR count). The Morgan fingerprint density at radius 1 is 1.63 bits per heavy atom. The van der Waals surface area contributed by atoms with Gasteiger partial charge in [-0.1, -0.05) is 5.16 Å². The minimum absolute atomic E-state index is 0.0884. The Bertz CT molecular complexity index is 494. The molecule has 1 saturated carbocycles. The number of methoxy groups -OCH3 is 1. The molecule has 1 amide bonds. The van der Waals surface area contributed by atoms with Gasteiger partial charge in [0.25, 0.3) is 5.91 Å². The van der Waals surface area contributed by atoms with Crippen molar-refractivity contribution >= 4 is 11.9 Å². The lowest BCUT2D eigenvalue weighted by molar-refractivity contribution is -0.145. The van der Waals surface area contributed by atoms with Crippen molar-refractivity contribution in [3.05, 3.63) is 17.5 Å². The molecule has 2 N–H and O–H groups in total. The first kappa shape index (κ1) is 13.5. The van der Waals surface area contributed by atoms with Crippen molar-refractivity contribution in [1.29, 1.82) is 0 Å². The largest absolute Gasteiger partial charge is 0.479 e. The molecular formula is C12H16N2O5. The highest BCUT2D eigenvalue weighted by atomic mass is 16.5. The Balaban J connectivity index is 2.07. The van der Waals surface area contributed by atoms with Gasteiger partial charge in [0.15, 0.2) is 11.2 Å². The third-order valence-electron chi connectivity index (χ3n) is 3.04. The molecule has 7 nitrogen and oxygen atoms in total. The number of amides is 1. The summed E-state index contributed by atoms with van der Waals surface area (Å²) < 4.78 is 9.87. The van der Waals surface area contributed by atoms with E-state index < -0.39 is 17.4 Å². The molecule has 1 atom stereocenters. The van der Waals surface area contributed by atoms with Gasteiger partial charge in [-0.05, 0) is 19.8 Å². The Hall–Kier alpha value is -1.89. The van der Waals surface area contributed by atoms with E-state index in [0.29, 0.717) is 11.7 Å². The highest BCUT2D eigenvalue weighted by molar-refractivity contribution is 5.96. The lowest BCUT2D eigenvalue weighted by Gasteiger charge is -2.24. The van der Waals surface area contributed by atoms with Crippen LogP contribution in [0.2, 0.25) is 0 Å². The summed E-state index contributed by atoms with van der Waals surface area (Å²) in [6.45, 7) is 1.24. The number of nitrogens with one attached hydrogen (secondary N) is 1. The molecule has 0 aliphatic heterocycles. The molecule has 104 valence electrons. The van der Waals surface area contributed by atoms with Crippen LogP contribution in [0.3, 0.4) is 0 Å². The average Bonchev–Trinajstić information content (AvgIpc) is 3.07. The van der Waals surface area contributed by atoms with E-state index in [1.54, 1.807) is 6.07 Å². The molecule has 19 heavy (non-hydrogen) atoms. The SMILES string of the molecule is COCC(C)(NC(=O)c1cc(C2CC2)on1)C(=O)O. The van der Waals surface area contributed by atoms with Gasteiger partial charge < -0.3 is 19.7 Å². The van der Waals surface area contributed by atoms with Crippen LogP contribution in [0, 0.1) is 0 Å². The number of carboxylic acids is 1. The van der Waals surface area contributed by atoms with Gasteiger partial charge in [0.05, 0.1) is 6.61 Å². The molecule has 0 bridgehead atoms. The molecule has 1 heterocycles. The van der Waals surface area contributed by atoms with Crippen LogP contribution < -0.4 is 5.32 Å². The summed E-state index contributed by atoms with van der Waals surface area (Å²) in [5.41, 5.74) is -1.41. The molecule has 1 aliphatic carbocycles. The molecule has 1 fully saturated rings. The van der Waals surface area contributed by atoms with E-state index in [1.807, 2.05) is 0 Å². The maximum atomic E-state index is 11.9. The summed E-state index contributed by atoms with van der Waals surface area (Å²) >= 11 is 0. The first-order valence-electron chi connectivity index (χ1n) is 5.98. The zero-order valence-electron chi connectivity index (χ0n) is 10.8. The minimum Gasteiger partial charge on any atom is -0.479 e. The number of hydrogen-bond donors (Lipinski definition) is 2. The van der Waals surface area contributed by atoms with E-state index in [1.165, 1.54) is 14.0 Å². The van der Waals surface area contributed by atoms with Gasteiger partial charge in [-0.2, -0.15) is 0 Å². The summed E-state index contributed by atoms with van der Waals surface area (Å²) in [5, 5.41) is 15.2. The molecule has 1 aromatic heterocycles. The normalized spacial score (nSPS) is 17.8. The molecular weight excluding hydrogens is 252 g/mol. The number of hydrogen-bond acceptors (Lipinski definition) is 5. The smallest absolute Gasteiger partial charge is 0.331 e. The first-order valence-corrected chi connectivity index (χ1v) is 5.98. The van der Waals surface area contributed by atoms with Crippen LogP contribution in [0.4, 0.5) is 0 Å². The molecule has 1 aromatic rings. The molecule has 0 spiro atoms. The van der Waals surface area contributed by atoms with Crippen molar-refractivity contribution in [1.82, 2.24) is 10.5 Å². The Labute approximate surface area is 109 Å². The number of carboxylic acid groups (broad SMARTS) is 1. The summed E-state index contributed by atoms with van der Waals surface area (Å²) in [6, 6.07) is 1.56. The van der Waals surface area contributed by atoms with Crippen molar-refractivity contribution in [2.24, 2.45) is 0 Å². The number of carbonyl (C=O) groups is 2.